The maximum absolute atomic E-state index is 13.1. The van der Waals surface area contributed by atoms with Crippen molar-refractivity contribution in [1.29, 1.82) is 0 Å². The van der Waals surface area contributed by atoms with E-state index >= 15 is 0 Å². The van der Waals surface area contributed by atoms with Crippen molar-refractivity contribution in [2.24, 2.45) is 0 Å². The average molecular weight is 356 g/mol. The molecule has 0 radical (unpaired) electrons. The Morgan fingerprint density at radius 2 is 2.00 bits per heavy atom. The topological polar surface area (TPSA) is 51.6 Å². The summed E-state index contributed by atoms with van der Waals surface area (Å²) in [5.74, 6) is 0.634. The molecule has 0 aliphatic heterocycles. The Balaban J connectivity index is 2.22. The van der Waals surface area contributed by atoms with Crippen LogP contribution in [-0.4, -0.2) is 16.7 Å². The van der Waals surface area contributed by atoms with Gasteiger partial charge in [0.1, 0.15) is 12.4 Å². The second kappa shape index (κ2) is 7.38. The molecule has 0 saturated carbocycles. The Bertz CT molecular complexity index is 622. The molecule has 21 heavy (non-hydrogen) atoms. The van der Waals surface area contributed by atoms with E-state index in [4.69, 9.17) is 9.47 Å². The van der Waals surface area contributed by atoms with Crippen molar-refractivity contribution in [1.82, 2.24) is 4.98 Å². The molecule has 0 unspecified atom stereocenters. The quantitative estimate of drug-likeness (QED) is 0.862. The molecule has 0 spiro atoms. The van der Waals surface area contributed by atoms with E-state index in [1.54, 1.807) is 18.3 Å². The number of pyridine rings is 1. The van der Waals surface area contributed by atoms with Gasteiger partial charge in [0.25, 0.3) is 0 Å². The van der Waals surface area contributed by atoms with E-state index < -0.39 is 5.82 Å². The fraction of sp³-hybridized carbons (Fsp3) is 0.267. The Kier molecular flexibility index (Phi) is 5.52. The molecule has 0 amide bonds. The molecular weight excluding hydrogens is 341 g/mol. The first-order valence-electron chi connectivity index (χ1n) is 6.42. The molecule has 1 aromatic heterocycles. The highest BCUT2D eigenvalue weighted by Crippen LogP contribution is 2.37. The molecule has 2 aromatic rings. The number of hydrogen-bond donors (Lipinski definition) is 1. The van der Waals surface area contributed by atoms with Crippen molar-refractivity contribution in [3.8, 4) is 11.5 Å². The first-order valence-corrected chi connectivity index (χ1v) is 7.21. The zero-order chi connectivity index (χ0) is 15.2. The minimum atomic E-state index is -0.407. The number of ether oxygens (including phenoxy) is 2. The van der Waals surface area contributed by atoms with E-state index in [0.717, 1.165) is 6.20 Å². The van der Waals surface area contributed by atoms with Gasteiger partial charge < -0.3 is 14.6 Å². The van der Waals surface area contributed by atoms with Crippen molar-refractivity contribution >= 4 is 15.9 Å². The minimum Gasteiger partial charge on any atom is -0.490 e. The summed E-state index contributed by atoms with van der Waals surface area (Å²) in [7, 11) is 0. The van der Waals surface area contributed by atoms with E-state index in [-0.39, 0.29) is 13.2 Å². The van der Waals surface area contributed by atoms with E-state index in [2.05, 4.69) is 20.9 Å². The second-order valence-corrected chi connectivity index (χ2v) is 5.15. The maximum Gasteiger partial charge on any atom is 0.175 e. The molecule has 0 aliphatic rings. The van der Waals surface area contributed by atoms with E-state index in [0.29, 0.717) is 33.7 Å². The van der Waals surface area contributed by atoms with Gasteiger partial charge in [-0.3, -0.25) is 4.98 Å². The van der Waals surface area contributed by atoms with E-state index in [9.17, 15) is 9.50 Å². The molecule has 1 heterocycles. The molecule has 0 atom stereocenters. The summed E-state index contributed by atoms with van der Waals surface area (Å²) < 4.78 is 25.0. The number of benzene rings is 1. The molecule has 0 aliphatic carbocycles. The fourth-order valence-electron chi connectivity index (χ4n) is 1.81. The number of aliphatic hydroxyl groups excluding tert-OH is 1. The van der Waals surface area contributed by atoms with Crippen LogP contribution < -0.4 is 9.47 Å². The lowest BCUT2D eigenvalue weighted by Gasteiger charge is -2.15. The van der Waals surface area contributed by atoms with Gasteiger partial charge in [0.05, 0.1) is 23.9 Å². The van der Waals surface area contributed by atoms with Crippen LogP contribution in [0, 0.1) is 5.82 Å². The number of rotatable bonds is 6. The van der Waals surface area contributed by atoms with Crippen LogP contribution in [0.4, 0.5) is 4.39 Å². The first kappa shape index (κ1) is 15.7. The lowest BCUT2D eigenvalue weighted by Crippen LogP contribution is -2.02. The SMILES string of the molecule is CCOc1cc(CO)cc(Br)c1OCc1cncc(F)c1. The molecule has 1 aromatic carbocycles. The van der Waals surface area contributed by atoms with Crippen molar-refractivity contribution in [3.05, 3.63) is 52.0 Å². The van der Waals surface area contributed by atoms with Gasteiger partial charge in [-0.15, -0.1) is 0 Å². The van der Waals surface area contributed by atoms with Gasteiger partial charge in [0.2, 0.25) is 0 Å². The lowest BCUT2D eigenvalue weighted by atomic mass is 10.2. The van der Waals surface area contributed by atoms with Crippen LogP contribution in [0.3, 0.4) is 0 Å². The standard InChI is InChI=1S/C15H15BrFNO3/c1-2-20-14-5-10(8-19)4-13(16)15(14)21-9-11-3-12(17)7-18-6-11/h3-7,19H,2,8-9H2,1H3. The predicted octanol–water partition coefficient (Wildman–Crippen LogP) is 3.45. The lowest BCUT2D eigenvalue weighted by molar-refractivity contribution is 0.262. The smallest absolute Gasteiger partial charge is 0.175 e. The Morgan fingerprint density at radius 3 is 2.67 bits per heavy atom. The van der Waals surface area contributed by atoms with Gasteiger partial charge >= 0.3 is 0 Å². The summed E-state index contributed by atoms with van der Waals surface area (Å²) >= 11 is 3.39. The van der Waals surface area contributed by atoms with Gasteiger partial charge in [-0.1, -0.05) is 0 Å². The van der Waals surface area contributed by atoms with Crippen LogP contribution in [0.2, 0.25) is 0 Å². The molecule has 0 bridgehead atoms. The zero-order valence-electron chi connectivity index (χ0n) is 11.5. The third kappa shape index (κ3) is 4.15. The molecule has 6 heteroatoms. The molecule has 1 N–H and O–H groups in total. The normalized spacial score (nSPS) is 10.5. The highest BCUT2D eigenvalue weighted by Gasteiger charge is 2.12. The maximum atomic E-state index is 13.1. The second-order valence-electron chi connectivity index (χ2n) is 4.30. The van der Waals surface area contributed by atoms with Gasteiger partial charge in [-0.25, -0.2) is 4.39 Å². The number of halogens is 2. The van der Waals surface area contributed by atoms with Gasteiger partial charge in [-0.05, 0) is 46.6 Å². The van der Waals surface area contributed by atoms with Crippen molar-refractivity contribution < 1.29 is 19.0 Å². The number of nitrogens with zero attached hydrogens (tertiary/aromatic N) is 1. The fourth-order valence-corrected chi connectivity index (χ4v) is 2.41. The van der Waals surface area contributed by atoms with E-state index in [1.165, 1.54) is 6.07 Å². The van der Waals surface area contributed by atoms with Crippen molar-refractivity contribution in [2.45, 2.75) is 20.1 Å². The van der Waals surface area contributed by atoms with Crippen LogP contribution in [0.5, 0.6) is 11.5 Å². The van der Waals surface area contributed by atoms with Crippen molar-refractivity contribution in [3.63, 3.8) is 0 Å². The molecule has 2 rings (SSSR count). The van der Waals surface area contributed by atoms with Crippen LogP contribution in [0.1, 0.15) is 18.1 Å². The summed E-state index contributed by atoms with van der Waals surface area (Å²) in [5.41, 5.74) is 1.33. The summed E-state index contributed by atoms with van der Waals surface area (Å²) in [6.45, 7) is 2.41. The van der Waals surface area contributed by atoms with Crippen molar-refractivity contribution in [2.75, 3.05) is 6.61 Å². The summed E-state index contributed by atoms with van der Waals surface area (Å²) in [6, 6.07) is 4.83. The average Bonchev–Trinajstić information content (AvgIpc) is 2.46. The number of aliphatic hydroxyl groups is 1. The highest BCUT2D eigenvalue weighted by atomic mass is 79.9. The minimum absolute atomic E-state index is 0.0905. The first-order chi connectivity index (χ1) is 10.1. The van der Waals surface area contributed by atoms with Crippen LogP contribution in [0.15, 0.2) is 35.1 Å². The molecule has 0 saturated heterocycles. The summed E-state index contributed by atoms with van der Waals surface area (Å²) in [6.07, 6.45) is 2.68. The third-order valence-corrected chi connectivity index (χ3v) is 3.29. The van der Waals surface area contributed by atoms with E-state index in [1.807, 2.05) is 6.92 Å². The molecular formula is C15H15BrFNO3. The Labute approximate surface area is 130 Å². The van der Waals surface area contributed by atoms with Gasteiger partial charge in [0, 0.05) is 11.8 Å². The number of aromatic nitrogens is 1. The predicted molar refractivity (Wildman–Crippen MR) is 79.8 cm³/mol. The molecule has 112 valence electrons. The largest absolute Gasteiger partial charge is 0.490 e. The molecule has 0 fully saturated rings. The third-order valence-electron chi connectivity index (χ3n) is 2.70. The van der Waals surface area contributed by atoms with Gasteiger partial charge in [-0.2, -0.15) is 0 Å². The Hall–Kier alpha value is -1.66. The molecule has 4 nitrogen and oxygen atoms in total. The monoisotopic (exact) mass is 355 g/mol. The highest BCUT2D eigenvalue weighted by molar-refractivity contribution is 9.10. The Morgan fingerprint density at radius 1 is 1.19 bits per heavy atom. The number of hydrogen-bond acceptors (Lipinski definition) is 4. The van der Waals surface area contributed by atoms with Gasteiger partial charge in [0.15, 0.2) is 11.5 Å². The van der Waals surface area contributed by atoms with Crippen LogP contribution >= 0.6 is 15.9 Å². The van der Waals surface area contributed by atoms with Crippen LogP contribution in [-0.2, 0) is 13.2 Å². The summed E-state index contributed by atoms with van der Waals surface area (Å²) in [4.78, 5) is 3.77. The van der Waals surface area contributed by atoms with Crippen LogP contribution in [0.25, 0.3) is 0 Å². The zero-order valence-corrected chi connectivity index (χ0v) is 13.1. The summed E-state index contributed by atoms with van der Waals surface area (Å²) in [5, 5.41) is 9.22.